The van der Waals surface area contributed by atoms with Gasteiger partial charge in [-0.05, 0) is 54.8 Å². The highest BCUT2D eigenvalue weighted by atomic mass is 32.2. The number of aromatic nitrogens is 1. The molecule has 0 saturated heterocycles. The molecule has 8 heteroatoms. The van der Waals surface area contributed by atoms with Gasteiger partial charge in [-0.15, -0.1) is 0 Å². The molecule has 3 N–H and O–H groups in total. The van der Waals surface area contributed by atoms with Crippen molar-refractivity contribution in [2.45, 2.75) is 48.4 Å². The second-order valence-corrected chi connectivity index (χ2v) is 9.45. The molecule has 156 valence electrons. The predicted octanol–water partition coefficient (Wildman–Crippen LogP) is 2.42. The first-order valence-corrected chi connectivity index (χ1v) is 11.2. The first kappa shape index (κ1) is 21.3. The Hall–Kier alpha value is -2.45. The smallest absolute Gasteiger partial charge is 0.254 e. The Labute approximate surface area is 171 Å². The molecule has 0 radical (unpaired) electrons. The van der Waals surface area contributed by atoms with Gasteiger partial charge >= 0.3 is 0 Å². The van der Waals surface area contributed by atoms with Crippen molar-refractivity contribution in [3.05, 3.63) is 54.4 Å². The fourth-order valence-corrected chi connectivity index (χ4v) is 6.13. The first-order valence-electron chi connectivity index (χ1n) is 9.74. The number of nitrogens with zero attached hydrogens (tertiary/aromatic N) is 1. The van der Waals surface area contributed by atoms with E-state index in [1.165, 1.54) is 19.2 Å². The molecule has 1 saturated carbocycles. The Balaban J connectivity index is 2.07. The van der Waals surface area contributed by atoms with Crippen molar-refractivity contribution in [2.24, 2.45) is 11.7 Å². The van der Waals surface area contributed by atoms with Gasteiger partial charge in [0.2, 0.25) is 14.7 Å². The highest BCUT2D eigenvalue weighted by Crippen LogP contribution is 2.39. The van der Waals surface area contributed by atoms with E-state index in [-0.39, 0.29) is 11.4 Å². The van der Waals surface area contributed by atoms with E-state index >= 15 is 0 Å². The van der Waals surface area contributed by atoms with Gasteiger partial charge in [0.15, 0.2) is 0 Å². The lowest BCUT2D eigenvalue weighted by atomic mass is 9.83. The Kier molecular flexibility index (Phi) is 6.54. The molecule has 1 aromatic heterocycles. The van der Waals surface area contributed by atoms with E-state index in [2.05, 4.69) is 10.3 Å². The summed E-state index contributed by atoms with van der Waals surface area (Å²) in [5.74, 6) is -0.729. The fourth-order valence-electron chi connectivity index (χ4n) is 4.06. The third-order valence-corrected chi connectivity index (χ3v) is 8.06. The van der Waals surface area contributed by atoms with Gasteiger partial charge in [-0.2, -0.15) is 0 Å². The minimum Gasteiger partial charge on any atom is -0.497 e. The van der Waals surface area contributed by atoms with Crippen LogP contribution < -0.4 is 15.8 Å². The van der Waals surface area contributed by atoms with Crippen molar-refractivity contribution in [3.63, 3.8) is 0 Å². The number of pyridine rings is 1. The molecule has 1 heterocycles. The maximum Gasteiger partial charge on any atom is 0.254 e. The van der Waals surface area contributed by atoms with Crippen LogP contribution >= 0.6 is 0 Å². The van der Waals surface area contributed by atoms with Gasteiger partial charge in [-0.25, -0.2) is 8.42 Å². The number of nitrogens with one attached hydrogen (secondary N) is 1. The summed E-state index contributed by atoms with van der Waals surface area (Å²) in [6, 6.07) is 9.62. The molecule has 1 unspecified atom stereocenters. The number of ether oxygens (including phenoxy) is 1. The Morgan fingerprint density at radius 1 is 1.14 bits per heavy atom. The zero-order chi connectivity index (χ0) is 20.9. The lowest BCUT2D eigenvalue weighted by Crippen LogP contribution is -2.65. The molecule has 1 aromatic carbocycles. The van der Waals surface area contributed by atoms with Gasteiger partial charge in [0.05, 0.1) is 12.0 Å². The average Bonchev–Trinajstić information content (AvgIpc) is 2.75. The van der Waals surface area contributed by atoms with Crippen LogP contribution in [0.4, 0.5) is 0 Å². The quantitative estimate of drug-likeness (QED) is 0.682. The van der Waals surface area contributed by atoms with E-state index in [1.54, 1.807) is 36.7 Å². The normalized spacial score (nSPS) is 17.4. The van der Waals surface area contributed by atoms with Crippen LogP contribution in [0.2, 0.25) is 0 Å². The van der Waals surface area contributed by atoms with Crippen molar-refractivity contribution in [1.82, 2.24) is 10.3 Å². The second kappa shape index (κ2) is 8.92. The van der Waals surface area contributed by atoms with Gasteiger partial charge < -0.3 is 10.5 Å². The van der Waals surface area contributed by atoms with E-state index in [1.807, 2.05) is 0 Å². The van der Waals surface area contributed by atoms with Gasteiger partial charge in [0.25, 0.3) is 5.91 Å². The molecule has 1 fully saturated rings. The van der Waals surface area contributed by atoms with Gasteiger partial charge in [-0.1, -0.05) is 19.3 Å². The molecule has 0 aliphatic heterocycles. The summed E-state index contributed by atoms with van der Waals surface area (Å²) in [6.45, 7) is 0.192. The number of rotatable bonds is 8. The molecule has 1 aliphatic rings. The molecule has 1 aliphatic carbocycles. The van der Waals surface area contributed by atoms with Gasteiger partial charge in [0, 0.05) is 24.9 Å². The number of carbonyl (C=O) groups is 1. The zero-order valence-electron chi connectivity index (χ0n) is 16.5. The molecular formula is C21H27N3O4S. The lowest BCUT2D eigenvalue weighted by Gasteiger charge is -2.40. The molecule has 29 heavy (non-hydrogen) atoms. The predicted molar refractivity (Wildman–Crippen MR) is 110 cm³/mol. The minimum atomic E-state index is -4.11. The summed E-state index contributed by atoms with van der Waals surface area (Å²) in [5.41, 5.74) is 6.65. The van der Waals surface area contributed by atoms with E-state index in [0.717, 1.165) is 24.8 Å². The molecule has 0 spiro atoms. The molecule has 2 aromatic rings. The number of hydrogen-bond acceptors (Lipinski definition) is 6. The topological polar surface area (TPSA) is 111 Å². The summed E-state index contributed by atoms with van der Waals surface area (Å²) < 4.78 is 32.7. The summed E-state index contributed by atoms with van der Waals surface area (Å²) >= 11 is 0. The van der Waals surface area contributed by atoms with Crippen molar-refractivity contribution < 1.29 is 17.9 Å². The van der Waals surface area contributed by atoms with E-state index in [4.69, 9.17) is 10.5 Å². The molecule has 0 bridgehead atoms. The van der Waals surface area contributed by atoms with Crippen LogP contribution in [0.25, 0.3) is 0 Å². The summed E-state index contributed by atoms with van der Waals surface area (Å²) in [7, 11) is -2.60. The Morgan fingerprint density at radius 3 is 2.31 bits per heavy atom. The van der Waals surface area contributed by atoms with E-state index in [0.29, 0.717) is 18.6 Å². The number of primary amides is 1. The number of amides is 1. The number of sulfone groups is 1. The monoisotopic (exact) mass is 417 g/mol. The fraction of sp³-hybridized carbons (Fsp3) is 0.429. The zero-order valence-corrected chi connectivity index (χ0v) is 17.3. The summed E-state index contributed by atoms with van der Waals surface area (Å²) in [4.78, 5) is 15.0. The van der Waals surface area contributed by atoms with Crippen LogP contribution in [-0.2, 0) is 21.2 Å². The van der Waals surface area contributed by atoms with Crippen LogP contribution in [0.5, 0.6) is 5.75 Å². The molecular weight excluding hydrogens is 390 g/mol. The Bertz CT molecular complexity index is 926. The molecule has 7 nitrogen and oxygen atoms in total. The standard InChI is InChI=1S/C21H27N3O4S/c1-28-18-7-9-19(10-8-18)29(26,27)21(20(22)25,17-5-3-2-4-6-17)24-15-16-11-13-23-14-12-16/h7-14,17,24H,2-6,15H2,1H3,(H2,22,25). The van der Waals surface area contributed by atoms with Crippen molar-refractivity contribution >= 4 is 15.7 Å². The molecule has 3 rings (SSSR count). The minimum absolute atomic E-state index is 0.0462. The SMILES string of the molecule is COc1ccc(S(=O)(=O)C(NCc2ccncc2)(C(N)=O)C2CCCCC2)cc1. The largest absolute Gasteiger partial charge is 0.497 e. The van der Waals surface area contributed by atoms with Crippen molar-refractivity contribution in [2.75, 3.05) is 7.11 Å². The number of methoxy groups -OCH3 is 1. The Morgan fingerprint density at radius 2 is 1.76 bits per heavy atom. The maximum absolute atomic E-state index is 13.8. The maximum atomic E-state index is 13.8. The van der Waals surface area contributed by atoms with Crippen LogP contribution in [0.1, 0.15) is 37.7 Å². The molecule has 1 atom stereocenters. The number of hydrogen-bond donors (Lipinski definition) is 2. The second-order valence-electron chi connectivity index (χ2n) is 7.32. The first-order chi connectivity index (χ1) is 13.9. The van der Waals surface area contributed by atoms with E-state index < -0.39 is 26.5 Å². The van der Waals surface area contributed by atoms with Crippen LogP contribution in [0.15, 0.2) is 53.7 Å². The number of carbonyl (C=O) groups excluding carboxylic acids is 1. The van der Waals surface area contributed by atoms with Crippen molar-refractivity contribution in [3.8, 4) is 5.75 Å². The highest BCUT2D eigenvalue weighted by Gasteiger charge is 2.55. The third-order valence-electron chi connectivity index (χ3n) is 5.64. The summed E-state index contributed by atoms with van der Waals surface area (Å²) in [6.07, 6.45) is 7.27. The van der Waals surface area contributed by atoms with Gasteiger partial charge in [-0.3, -0.25) is 15.1 Å². The van der Waals surface area contributed by atoms with Crippen LogP contribution in [0.3, 0.4) is 0 Å². The average molecular weight is 418 g/mol. The van der Waals surface area contributed by atoms with E-state index in [9.17, 15) is 13.2 Å². The number of benzene rings is 1. The van der Waals surface area contributed by atoms with Crippen LogP contribution in [-0.4, -0.2) is 31.3 Å². The van der Waals surface area contributed by atoms with Crippen LogP contribution in [0, 0.1) is 5.92 Å². The lowest BCUT2D eigenvalue weighted by molar-refractivity contribution is -0.123. The van der Waals surface area contributed by atoms with Crippen molar-refractivity contribution in [1.29, 1.82) is 0 Å². The number of nitrogens with two attached hydrogens (primary N) is 1. The third kappa shape index (κ3) is 4.13. The summed E-state index contributed by atoms with van der Waals surface area (Å²) in [5, 5.41) is 3.06. The highest BCUT2D eigenvalue weighted by molar-refractivity contribution is 7.93. The van der Waals surface area contributed by atoms with Gasteiger partial charge in [0.1, 0.15) is 5.75 Å². The molecule has 1 amide bonds.